The standard InChI is InChI=1S/C11H9F4N3/c12-7-2-1-3-8(4-7)18-9(6-16)5-10(17-18)11(13,14)15/h1-5H,6,16H2. The van der Waals surface area contributed by atoms with Crippen molar-refractivity contribution >= 4 is 0 Å². The molecule has 0 saturated heterocycles. The van der Waals surface area contributed by atoms with Crippen LogP contribution in [0.4, 0.5) is 17.6 Å². The van der Waals surface area contributed by atoms with Crippen molar-refractivity contribution in [3.63, 3.8) is 0 Å². The summed E-state index contributed by atoms with van der Waals surface area (Å²) in [5, 5.41) is 3.41. The molecule has 0 spiro atoms. The second-order valence-corrected chi connectivity index (χ2v) is 3.61. The molecule has 1 aromatic heterocycles. The van der Waals surface area contributed by atoms with Crippen LogP contribution in [0.2, 0.25) is 0 Å². The summed E-state index contributed by atoms with van der Waals surface area (Å²) in [6, 6.07) is 5.98. The average molecular weight is 259 g/mol. The SMILES string of the molecule is NCc1cc(C(F)(F)F)nn1-c1cccc(F)c1. The van der Waals surface area contributed by atoms with Gasteiger partial charge < -0.3 is 5.73 Å². The molecule has 0 unspecified atom stereocenters. The maximum absolute atomic E-state index is 13.0. The molecule has 18 heavy (non-hydrogen) atoms. The first-order valence-corrected chi connectivity index (χ1v) is 5.04. The van der Waals surface area contributed by atoms with Gasteiger partial charge in [-0.1, -0.05) is 6.07 Å². The van der Waals surface area contributed by atoms with E-state index in [4.69, 9.17) is 5.73 Å². The topological polar surface area (TPSA) is 43.8 Å². The van der Waals surface area contributed by atoms with Gasteiger partial charge in [0.25, 0.3) is 0 Å². The molecule has 0 aliphatic carbocycles. The second-order valence-electron chi connectivity index (χ2n) is 3.61. The zero-order chi connectivity index (χ0) is 13.3. The molecule has 0 amide bonds. The fourth-order valence-electron chi connectivity index (χ4n) is 1.54. The van der Waals surface area contributed by atoms with Crippen LogP contribution in [0.1, 0.15) is 11.4 Å². The molecule has 1 heterocycles. The lowest BCUT2D eigenvalue weighted by atomic mass is 10.3. The van der Waals surface area contributed by atoms with Gasteiger partial charge in [0.15, 0.2) is 5.69 Å². The maximum atomic E-state index is 13.0. The summed E-state index contributed by atoms with van der Waals surface area (Å²) >= 11 is 0. The molecule has 96 valence electrons. The van der Waals surface area contributed by atoms with Crippen molar-refractivity contribution in [2.45, 2.75) is 12.7 Å². The van der Waals surface area contributed by atoms with Gasteiger partial charge in [-0.2, -0.15) is 18.3 Å². The van der Waals surface area contributed by atoms with E-state index in [0.29, 0.717) is 0 Å². The highest BCUT2D eigenvalue weighted by atomic mass is 19.4. The molecule has 2 rings (SSSR count). The molecule has 0 saturated carbocycles. The molecular formula is C11H9F4N3. The van der Waals surface area contributed by atoms with E-state index in [9.17, 15) is 17.6 Å². The molecule has 0 aliphatic heterocycles. The fourth-order valence-corrected chi connectivity index (χ4v) is 1.54. The van der Waals surface area contributed by atoms with Crippen LogP contribution < -0.4 is 5.73 Å². The number of hydrogen-bond donors (Lipinski definition) is 1. The number of nitrogens with zero attached hydrogens (tertiary/aromatic N) is 2. The smallest absolute Gasteiger partial charge is 0.325 e. The van der Waals surface area contributed by atoms with Crippen molar-refractivity contribution in [3.8, 4) is 5.69 Å². The van der Waals surface area contributed by atoms with Gasteiger partial charge in [0.1, 0.15) is 5.82 Å². The maximum Gasteiger partial charge on any atom is 0.435 e. The zero-order valence-corrected chi connectivity index (χ0v) is 9.08. The van der Waals surface area contributed by atoms with E-state index in [1.54, 1.807) is 0 Å². The molecule has 0 fully saturated rings. The summed E-state index contributed by atoms with van der Waals surface area (Å²) in [7, 11) is 0. The van der Waals surface area contributed by atoms with E-state index < -0.39 is 17.7 Å². The van der Waals surface area contributed by atoms with Crippen LogP contribution in [0, 0.1) is 5.82 Å². The first-order chi connectivity index (χ1) is 8.41. The summed E-state index contributed by atoms with van der Waals surface area (Å²) in [6.45, 7) is -0.125. The third-order valence-corrected chi connectivity index (χ3v) is 2.34. The van der Waals surface area contributed by atoms with Crippen LogP contribution in [0.25, 0.3) is 5.69 Å². The van der Waals surface area contributed by atoms with E-state index >= 15 is 0 Å². The average Bonchev–Trinajstić information content (AvgIpc) is 2.72. The Labute approximate surface area is 99.8 Å². The zero-order valence-electron chi connectivity index (χ0n) is 9.08. The lowest BCUT2D eigenvalue weighted by Gasteiger charge is -2.05. The van der Waals surface area contributed by atoms with Crippen LogP contribution >= 0.6 is 0 Å². The second kappa shape index (κ2) is 4.41. The Morgan fingerprint density at radius 2 is 1.94 bits per heavy atom. The predicted molar refractivity (Wildman–Crippen MR) is 56.4 cm³/mol. The highest BCUT2D eigenvalue weighted by Crippen LogP contribution is 2.29. The number of halogens is 4. The molecule has 0 aliphatic rings. The normalized spacial score (nSPS) is 11.8. The molecule has 0 bridgehead atoms. The predicted octanol–water partition coefficient (Wildman–Crippen LogP) is 2.49. The number of benzene rings is 1. The van der Waals surface area contributed by atoms with Crippen LogP contribution in [0.15, 0.2) is 30.3 Å². The van der Waals surface area contributed by atoms with Gasteiger partial charge in [-0.15, -0.1) is 0 Å². The number of hydrogen-bond acceptors (Lipinski definition) is 2. The molecule has 1 aromatic carbocycles. The summed E-state index contributed by atoms with van der Waals surface area (Å²) in [5.74, 6) is -0.556. The van der Waals surface area contributed by atoms with Gasteiger partial charge in [-0.3, -0.25) is 0 Å². The Kier molecular flexibility index (Phi) is 3.08. The van der Waals surface area contributed by atoms with Crippen LogP contribution in [0.5, 0.6) is 0 Å². The monoisotopic (exact) mass is 259 g/mol. The first kappa shape index (κ1) is 12.6. The third-order valence-electron chi connectivity index (χ3n) is 2.34. The number of nitrogens with two attached hydrogens (primary N) is 1. The van der Waals surface area contributed by atoms with Crippen molar-refractivity contribution in [1.82, 2.24) is 9.78 Å². The molecule has 3 nitrogen and oxygen atoms in total. The van der Waals surface area contributed by atoms with E-state index in [1.165, 1.54) is 18.2 Å². The summed E-state index contributed by atoms with van der Waals surface area (Å²) in [5.41, 5.74) is 4.67. The molecule has 7 heteroatoms. The third kappa shape index (κ3) is 2.35. The van der Waals surface area contributed by atoms with E-state index in [1.807, 2.05) is 0 Å². The molecule has 2 aromatic rings. The first-order valence-electron chi connectivity index (χ1n) is 5.04. The Morgan fingerprint density at radius 1 is 1.22 bits per heavy atom. The van der Waals surface area contributed by atoms with Crippen molar-refractivity contribution < 1.29 is 17.6 Å². The fraction of sp³-hybridized carbons (Fsp3) is 0.182. The quantitative estimate of drug-likeness (QED) is 0.842. The van der Waals surface area contributed by atoms with Gasteiger partial charge in [0.05, 0.1) is 11.4 Å². The van der Waals surface area contributed by atoms with Crippen molar-refractivity contribution in [2.24, 2.45) is 5.73 Å². The highest BCUT2D eigenvalue weighted by Gasteiger charge is 2.34. The lowest BCUT2D eigenvalue weighted by Crippen LogP contribution is -2.08. The summed E-state index contributed by atoms with van der Waals surface area (Å²) in [4.78, 5) is 0. The van der Waals surface area contributed by atoms with Gasteiger partial charge in [0.2, 0.25) is 0 Å². The largest absolute Gasteiger partial charge is 0.435 e. The minimum atomic E-state index is -4.55. The molecule has 0 radical (unpaired) electrons. The van der Waals surface area contributed by atoms with Crippen molar-refractivity contribution in [2.75, 3.05) is 0 Å². The Morgan fingerprint density at radius 3 is 2.50 bits per heavy atom. The number of rotatable bonds is 2. The highest BCUT2D eigenvalue weighted by molar-refractivity contribution is 5.34. The Bertz CT molecular complexity index is 560. The summed E-state index contributed by atoms with van der Waals surface area (Å²) in [6.07, 6.45) is -4.55. The van der Waals surface area contributed by atoms with Gasteiger partial charge >= 0.3 is 6.18 Å². The van der Waals surface area contributed by atoms with E-state index in [2.05, 4.69) is 5.10 Å². The molecule has 2 N–H and O–H groups in total. The van der Waals surface area contributed by atoms with Crippen molar-refractivity contribution in [3.05, 3.63) is 47.5 Å². The Hall–Kier alpha value is -1.89. The number of alkyl halides is 3. The molecule has 0 atom stereocenters. The van der Waals surface area contributed by atoms with Crippen LogP contribution in [-0.4, -0.2) is 9.78 Å². The Balaban J connectivity index is 2.54. The minimum absolute atomic E-state index is 0.125. The van der Waals surface area contributed by atoms with Gasteiger partial charge in [0, 0.05) is 6.54 Å². The number of aromatic nitrogens is 2. The van der Waals surface area contributed by atoms with E-state index in [0.717, 1.165) is 16.8 Å². The van der Waals surface area contributed by atoms with Gasteiger partial charge in [-0.05, 0) is 24.3 Å². The van der Waals surface area contributed by atoms with Crippen LogP contribution in [-0.2, 0) is 12.7 Å². The lowest BCUT2D eigenvalue weighted by molar-refractivity contribution is -0.141. The van der Waals surface area contributed by atoms with Crippen LogP contribution in [0.3, 0.4) is 0 Å². The van der Waals surface area contributed by atoms with E-state index in [-0.39, 0.29) is 17.9 Å². The van der Waals surface area contributed by atoms with Crippen molar-refractivity contribution in [1.29, 1.82) is 0 Å². The molecular weight excluding hydrogens is 250 g/mol. The van der Waals surface area contributed by atoms with Gasteiger partial charge in [-0.25, -0.2) is 9.07 Å². The minimum Gasteiger partial charge on any atom is -0.325 e. The summed E-state index contributed by atoms with van der Waals surface area (Å²) < 4.78 is 51.6.